The van der Waals surface area contributed by atoms with Crippen LogP contribution in [-0.4, -0.2) is 87.4 Å². The van der Waals surface area contributed by atoms with Crippen molar-refractivity contribution in [2.75, 3.05) is 49.1 Å². The van der Waals surface area contributed by atoms with Crippen LogP contribution in [0.25, 0.3) is 28.0 Å². The lowest BCUT2D eigenvalue weighted by Crippen LogP contribution is -2.50. The molecule has 2 aliphatic rings. The molecule has 0 bridgehead atoms. The van der Waals surface area contributed by atoms with Crippen molar-refractivity contribution in [3.05, 3.63) is 60.6 Å². The van der Waals surface area contributed by atoms with Gasteiger partial charge in [-0.2, -0.15) is 10.4 Å². The lowest BCUT2D eigenvalue weighted by molar-refractivity contribution is -0.133. The van der Waals surface area contributed by atoms with Crippen LogP contribution in [0.5, 0.6) is 0 Å². The van der Waals surface area contributed by atoms with E-state index in [4.69, 9.17) is 14.7 Å². The van der Waals surface area contributed by atoms with Gasteiger partial charge in [0.1, 0.15) is 28.6 Å². The van der Waals surface area contributed by atoms with Crippen molar-refractivity contribution in [2.45, 2.75) is 72.4 Å². The van der Waals surface area contributed by atoms with E-state index in [0.717, 1.165) is 60.7 Å². The normalized spacial score (nSPS) is 16.4. The molecule has 0 aliphatic carbocycles. The molecular formula is C38H47N9O3. The van der Waals surface area contributed by atoms with E-state index < -0.39 is 5.60 Å². The van der Waals surface area contributed by atoms with Gasteiger partial charge >= 0.3 is 6.09 Å². The molecule has 6 rings (SSSR count). The van der Waals surface area contributed by atoms with E-state index in [1.807, 2.05) is 71.3 Å². The highest BCUT2D eigenvalue weighted by Crippen LogP contribution is 2.37. The number of ether oxygens (including phenoxy) is 1. The van der Waals surface area contributed by atoms with Crippen LogP contribution in [0, 0.1) is 16.7 Å². The van der Waals surface area contributed by atoms with Crippen LogP contribution >= 0.6 is 0 Å². The molecule has 0 unspecified atom stereocenters. The zero-order valence-corrected chi connectivity index (χ0v) is 29.9. The zero-order chi connectivity index (χ0) is 35.6. The van der Waals surface area contributed by atoms with Gasteiger partial charge in [-0.05, 0) is 78.1 Å². The van der Waals surface area contributed by atoms with Crippen LogP contribution in [-0.2, 0) is 9.53 Å². The fourth-order valence-electron chi connectivity index (χ4n) is 6.79. The molecule has 12 nitrogen and oxygen atoms in total. The summed E-state index contributed by atoms with van der Waals surface area (Å²) in [5, 5.41) is 17.5. The summed E-state index contributed by atoms with van der Waals surface area (Å²) in [5.74, 6) is 1.00. The number of carbonyl (C=O) groups is 2. The number of nitrogens with one attached hydrogen (secondary N) is 1. The molecule has 2 fully saturated rings. The molecule has 0 spiro atoms. The number of amides is 2. The fourth-order valence-corrected chi connectivity index (χ4v) is 6.79. The number of nitrogens with zero attached hydrogens (tertiary/aromatic N) is 8. The molecule has 5 heterocycles. The highest BCUT2D eigenvalue weighted by atomic mass is 16.6. The molecule has 3 aromatic heterocycles. The van der Waals surface area contributed by atoms with Gasteiger partial charge in [0.25, 0.3) is 0 Å². The van der Waals surface area contributed by atoms with Gasteiger partial charge < -0.3 is 24.8 Å². The van der Waals surface area contributed by atoms with Crippen LogP contribution in [0.2, 0.25) is 0 Å². The second-order valence-corrected chi connectivity index (χ2v) is 14.6. The van der Waals surface area contributed by atoms with Crippen molar-refractivity contribution >= 4 is 29.0 Å². The Morgan fingerprint density at radius 2 is 1.64 bits per heavy atom. The highest BCUT2D eigenvalue weighted by molar-refractivity contribution is 5.84. The molecule has 262 valence electrons. The molecule has 0 saturated carbocycles. The lowest BCUT2D eigenvalue weighted by Gasteiger charge is -2.41. The van der Waals surface area contributed by atoms with E-state index >= 15 is 0 Å². The summed E-state index contributed by atoms with van der Waals surface area (Å²) in [6, 6.07) is 14.6. The number of anilines is 2. The van der Waals surface area contributed by atoms with Crippen molar-refractivity contribution in [3.8, 4) is 28.6 Å². The Morgan fingerprint density at radius 3 is 2.22 bits per heavy atom. The Bertz CT molecular complexity index is 1870. The third kappa shape index (κ3) is 7.22. The first-order chi connectivity index (χ1) is 23.9. The van der Waals surface area contributed by atoms with E-state index in [0.29, 0.717) is 43.0 Å². The standard InChI is InChI=1S/C38H47N9O3/c1-7-38(35(48)42-26(2)3)14-16-45(17-15-38)32-13-10-28(23-40-32)33-34-29(22-39)24-41-47(34)25-31(43-33)27-8-11-30(12-9-27)44-18-20-46(21-19-44)36(49)50-37(4,5)6/h8-13,23-26H,7,14-21H2,1-6H3,(H,42,48). The SMILES string of the molecule is CCC1(C(=O)NC(C)C)CCN(c2ccc(-c3nc(-c4ccc(N5CCN(C(=O)OC(C)(C)C)CC5)cc4)cn4ncc(C#N)c34)cn2)CC1. The average molecular weight is 678 g/mol. The summed E-state index contributed by atoms with van der Waals surface area (Å²) in [5.41, 5.74) is 4.33. The van der Waals surface area contributed by atoms with Crippen LogP contribution in [0.1, 0.15) is 66.4 Å². The number of piperidine rings is 1. The minimum Gasteiger partial charge on any atom is -0.444 e. The molecule has 1 N–H and O–H groups in total. The quantitative estimate of drug-likeness (QED) is 0.254. The minimum absolute atomic E-state index is 0.119. The van der Waals surface area contributed by atoms with Gasteiger partial charge in [-0.25, -0.2) is 19.3 Å². The summed E-state index contributed by atoms with van der Waals surface area (Å²) < 4.78 is 7.26. The van der Waals surface area contributed by atoms with E-state index in [1.54, 1.807) is 15.6 Å². The van der Waals surface area contributed by atoms with E-state index in [1.165, 1.54) is 0 Å². The van der Waals surface area contributed by atoms with Gasteiger partial charge in [0, 0.05) is 68.3 Å². The molecule has 50 heavy (non-hydrogen) atoms. The number of rotatable bonds is 7. The van der Waals surface area contributed by atoms with Crippen LogP contribution in [0.4, 0.5) is 16.3 Å². The summed E-state index contributed by atoms with van der Waals surface area (Å²) in [6.45, 7) is 15.9. The first-order valence-corrected chi connectivity index (χ1v) is 17.5. The third-order valence-electron chi connectivity index (χ3n) is 9.72. The maximum atomic E-state index is 13.0. The van der Waals surface area contributed by atoms with Gasteiger partial charge in [-0.15, -0.1) is 0 Å². The predicted octanol–water partition coefficient (Wildman–Crippen LogP) is 5.91. The average Bonchev–Trinajstić information content (AvgIpc) is 3.54. The van der Waals surface area contributed by atoms with Gasteiger partial charge in [0.2, 0.25) is 5.91 Å². The third-order valence-corrected chi connectivity index (χ3v) is 9.72. The first kappa shape index (κ1) is 34.7. The number of piperazine rings is 1. The summed E-state index contributed by atoms with van der Waals surface area (Å²) >= 11 is 0. The number of benzene rings is 1. The lowest BCUT2D eigenvalue weighted by atomic mass is 9.75. The molecule has 1 aromatic carbocycles. The molecule has 4 aromatic rings. The number of hydrogen-bond acceptors (Lipinski definition) is 9. The van der Waals surface area contributed by atoms with E-state index in [-0.39, 0.29) is 23.5 Å². The Labute approximate surface area is 294 Å². The zero-order valence-electron chi connectivity index (χ0n) is 29.9. The summed E-state index contributed by atoms with van der Waals surface area (Å²) in [6.07, 6.45) is 7.31. The number of carbonyl (C=O) groups excluding carboxylic acids is 2. The second-order valence-electron chi connectivity index (χ2n) is 14.6. The fraction of sp³-hybridized carbons (Fsp3) is 0.474. The smallest absolute Gasteiger partial charge is 0.410 e. The Balaban J connectivity index is 1.19. The highest BCUT2D eigenvalue weighted by Gasteiger charge is 2.40. The van der Waals surface area contributed by atoms with Crippen LogP contribution in [0.3, 0.4) is 0 Å². The molecule has 0 radical (unpaired) electrons. The van der Waals surface area contributed by atoms with E-state index in [2.05, 4.69) is 45.3 Å². The molecule has 0 atom stereocenters. The summed E-state index contributed by atoms with van der Waals surface area (Å²) in [4.78, 5) is 41.7. The van der Waals surface area contributed by atoms with Gasteiger partial charge in [-0.3, -0.25) is 4.79 Å². The monoisotopic (exact) mass is 677 g/mol. The largest absolute Gasteiger partial charge is 0.444 e. The first-order valence-electron chi connectivity index (χ1n) is 17.5. The van der Waals surface area contributed by atoms with Gasteiger partial charge in [0.15, 0.2) is 0 Å². The molecular weight excluding hydrogens is 630 g/mol. The van der Waals surface area contributed by atoms with Crippen LogP contribution in [0.15, 0.2) is 55.0 Å². The number of aromatic nitrogens is 4. The van der Waals surface area contributed by atoms with Gasteiger partial charge in [0.05, 0.1) is 29.2 Å². The topological polar surface area (TPSA) is 132 Å². The van der Waals surface area contributed by atoms with Crippen molar-refractivity contribution in [1.82, 2.24) is 29.8 Å². The molecule has 2 amide bonds. The van der Waals surface area contributed by atoms with Crippen LogP contribution < -0.4 is 15.1 Å². The minimum atomic E-state index is -0.516. The van der Waals surface area contributed by atoms with Crippen molar-refractivity contribution in [1.29, 1.82) is 5.26 Å². The maximum Gasteiger partial charge on any atom is 0.410 e. The number of hydrogen-bond donors (Lipinski definition) is 1. The number of fused-ring (bicyclic) bond motifs is 1. The molecule has 2 saturated heterocycles. The van der Waals surface area contributed by atoms with Gasteiger partial charge in [-0.1, -0.05) is 19.1 Å². The van der Waals surface area contributed by atoms with E-state index in [9.17, 15) is 14.9 Å². The number of pyridine rings is 1. The maximum absolute atomic E-state index is 13.0. The Hall–Kier alpha value is -5.18. The predicted molar refractivity (Wildman–Crippen MR) is 194 cm³/mol. The summed E-state index contributed by atoms with van der Waals surface area (Å²) in [7, 11) is 0. The van der Waals surface area contributed by atoms with Crippen molar-refractivity contribution < 1.29 is 14.3 Å². The Morgan fingerprint density at radius 1 is 0.960 bits per heavy atom. The Kier molecular flexibility index (Phi) is 9.69. The number of nitriles is 1. The second kappa shape index (κ2) is 14.0. The molecule has 2 aliphatic heterocycles. The van der Waals surface area contributed by atoms with Crippen molar-refractivity contribution in [3.63, 3.8) is 0 Å². The van der Waals surface area contributed by atoms with Crippen molar-refractivity contribution in [2.24, 2.45) is 5.41 Å². The molecule has 12 heteroatoms.